The van der Waals surface area contributed by atoms with Gasteiger partial charge < -0.3 is 10.6 Å². The predicted octanol–water partition coefficient (Wildman–Crippen LogP) is 2.81. The Kier molecular flexibility index (Phi) is 4.57. The molecule has 1 aromatic rings. The van der Waals surface area contributed by atoms with Crippen molar-refractivity contribution in [2.75, 3.05) is 19.6 Å². The Bertz CT molecular complexity index is 317. The minimum absolute atomic E-state index is 0.165. The zero-order chi connectivity index (χ0) is 12.1. The Morgan fingerprint density at radius 3 is 2.41 bits per heavy atom. The largest absolute Gasteiger partial charge is 0.324 e. The topological polar surface area (TPSA) is 29.3 Å². The molecule has 0 amide bonds. The minimum Gasteiger partial charge on any atom is -0.324 e. The number of nitrogens with zero attached hydrogens (tertiary/aromatic N) is 1. The molecule has 94 valence electrons. The standard InChI is InChI=1S/C15H24N2/c1-13(12-17-10-6-3-7-11-17)15(16)14-8-4-2-5-9-14/h2,4-5,8-9,13,15H,3,6-7,10-12,16H2,1H3. The molecule has 1 heterocycles. The molecule has 1 fully saturated rings. The van der Waals surface area contributed by atoms with E-state index in [1.165, 1.54) is 37.9 Å². The SMILES string of the molecule is CC(CN1CCCCC1)C(N)c1ccccc1. The molecule has 0 aromatic heterocycles. The monoisotopic (exact) mass is 232 g/mol. The van der Waals surface area contributed by atoms with E-state index < -0.39 is 0 Å². The fraction of sp³-hybridized carbons (Fsp3) is 0.600. The molecular weight excluding hydrogens is 208 g/mol. The summed E-state index contributed by atoms with van der Waals surface area (Å²) in [6.45, 7) is 5.92. The maximum atomic E-state index is 6.33. The van der Waals surface area contributed by atoms with Gasteiger partial charge >= 0.3 is 0 Å². The number of nitrogens with two attached hydrogens (primary N) is 1. The normalized spacial score (nSPS) is 21.1. The molecule has 2 atom stereocenters. The molecule has 1 saturated heterocycles. The maximum absolute atomic E-state index is 6.33. The van der Waals surface area contributed by atoms with Crippen LogP contribution in [0, 0.1) is 5.92 Å². The molecule has 2 unspecified atom stereocenters. The third-order valence-corrected chi connectivity index (χ3v) is 3.79. The highest BCUT2D eigenvalue weighted by Gasteiger charge is 2.19. The Morgan fingerprint density at radius 1 is 1.12 bits per heavy atom. The van der Waals surface area contributed by atoms with E-state index in [9.17, 15) is 0 Å². The van der Waals surface area contributed by atoms with Gasteiger partial charge in [0.05, 0.1) is 0 Å². The first-order valence-electron chi connectivity index (χ1n) is 6.80. The van der Waals surface area contributed by atoms with Crippen LogP contribution in [0.5, 0.6) is 0 Å². The number of hydrogen-bond donors (Lipinski definition) is 1. The highest BCUT2D eigenvalue weighted by Crippen LogP contribution is 2.21. The zero-order valence-electron chi connectivity index (χ0n) is 10.8. The summed E-state index contributed by atoms with van der Waals surface area (Å²) in [5, 5.41) is 0. The Balaban J connectivity index is 1.88. The molecule has 0 aliphatic carbocycles. The van der Waals surface area contributed by atoms with E-state index in [-0.39, 0.29) is 6.04 Å². The van der Waals surface area contributed by atoms with Crippen molar-refractivity contribution in [3.63, 3.8) is 0 Å². The van der Waals surface area contributed by atoms with E-state index in [2.05, 4.69) is 36.1 Å². The predicted molar refractivity (Wildman–Crippen MR) is 72.8 cm³/mol. The molecule has 2 N–H and O–H groups in total. The van der Waals surface area contributed by atoms with Crippen LogP contribution in [0.2, 0.25) is 0 Å². The van der Waals surface area contributed by atoms with Gasteiger partial charge in [0.1, 0.15) is 0 Å². The zero-order valence-corrected chi connectivity index (χ0v) is 10.8. The summed E-state index contributed by atoms with van der Waals surface area (Å²) >= 11 is 0. The first-order chi connectivity index (χ1) is 8.27. The number of hydrogen-bond acceptors (Lipinski definition) is 2. The van der Waals surface area contributed by atoms with E-state index >= 15 is 0 Å². The van der Waals surface area contributed by atoms with Crippen molar-refractivity contribution in [1.82, 2.24) is 4.90 Å². The van der Waals surface area contributed by atoms with Crippen LogP contribution in [0.25, 0.3) is 0 Å². The lowest BCUT2D eigenvalue weighted by Gasteiger charge is -2.31. The molecule has 1 aliphatic heterocycles. The van der Waals surface area contributed by atoms with Crippen molar-refractivity contribution in [2.24, 2.45) is 11.7 Å². The van der Waals surface area contributed by atoms with Gasteiger partial charge in [0, 0.05) is 12.6 Å². The Hall–Kier alpha value is -0.860. The third-order valence-electron chi connectivity index (χ3n) is 3.79. The quantitative estimate of drug-likeness (QED) is 0.865. The van der Waals surface area contributed by atoms with Gasteiger partial charge in [-0.05, 0) is 37.4 Å². The van der Waals surface area contributed by atoms with Gasteiger partial charge in [0.2, 0.25) is 0 Å². The van der Waals surface area contributed by atoms with E-state index in [1.54, 1.807) is 0 Å². The minimum atomic E-state index is 0.165. The molecule has 0 radical (unpaired) electrons. The van der Waals surface area contributed by atoms with Crippen molar-refractivity contribution in [3.8, 4) is 0 Å². The van der Waals surface area contributed by atoms with E-state index in [4.69, 9.17) is 5.73 Å². The van der Waals surface area contributed by atoms with E-state index in [0.29, 0.717) is 5.92 Å². The first-order valence-corrected chi connectivity index (χ1v) is 6.80. The van der Waals surface area contributed by atoms with Crippen molar-refractivity contribution in [2.45, 2.75) is 32.2 Å². The van der Waals surface area contributed by atoms with Gasteiger partial charge in [-0.3, -0.25) is 0 Å². The van der Waals surface area contributed by atoms with Gasteiger partial charge in [-0.2, -0.15) is 0 Å². The Labute approximate surface area is 105 Å². The molecule has 0 bridgehead atoms. The first kappa shape index (κ1) is 12.6. The number of benzene rings is 1. The van der Waals surface area contributed by atoms with Crippen LogP contribution in [-0.2, 0) is 0 Å². The fourth-order valence-electron chi connectivity index (χ4n) is 2.67. The highest BCUT2D eigenvalue weighted by molar-refractivity contribution is 5.19. The molecule has 2 nitrogen and oxygen atoms in total. The van der Waals surface area contributed by atoms with Crippen LogP contribution < -0.4 is 5.73 Å². The van der Waals surface area contributed by atoms with Gasteiger partial charge in [0.25, 0.3) is 0 Å². The van der Waals surface area contributed by atoms with Crippen molar-refractivity contribution >= 4 is 0 Å². The third kappa shape index (κ3) is 3.55. The second-order valence-corrected chi connectivity index (χ2v) is 5.28. The summed E-state index contributed by atoms with van der Waals surface area (Å²) in [7, 11) is 0. The second kappa shape index (κ2) is 6.18. The summed E-state index contributed by atoms with van der Waals surface area (Å²) in [6, 6.07) is 10.6. The van der Waals surface area contributed by atoms with Crippen molar-refractivity contribution < 1.29 is 0 Å². The lowest BCUT2D eigenvalue weighted by atomic mass is 9.94. The lowest BCUT2D eigenvalue weighted by Crippen LogP contribution is -2.36. The van der Waals surface area contributed by atoms with Crippen LogP contribution in [0.3, 0.4) is 0 Å². The van der Waals surface area contributed by atoms with E-state index in [1.807, 2.05) is 6.07 Å². The summed E-state index contributed by atoms with van der Waals surface area (Å²) in [5.41, 5.74) is 7.59. The molecule has 0 saturated carbocycles. The van der Waals surface area contributed by atoms with Crippen molar-refractivity contribution in [1.29, 1.82) is 0 Å². The molecule has 2 heteroatoms. The summed E-state index contributed by atoms with van der Waals surface area (Å²) in [5.74, 6) is 0.524. The second-order valence-electron chi connectivity index (χ2n) is 5.28. The van der Waals surface area contributed by atoms with Crippen LogP contribution in [-0.4, -0.2) is 24.5 Å². The van der Waals surface area contributed by atoms with Gasteiger partial charge in [-0.25, -0.2) is 0 Å². The smallest absolute Gasteiger partial charge is 0.0333 e. The van der Waals surface area contributed by atoms with Crippen LogP contribution >= 0.6 is 0 Å². The maximum Gasteiger partial charge on any atom is 0.0333 e. The molecule has 17 heavy (non-hydrogen) atoms. The average molecular weight is 232 g/mol. The van der Waals surface area contributed by atoms with Crippen LogP contribution in [0.15, 0.2) is 30.3 Å². The van der Waals surface area contributed by atoms with Crippen LogP contribution in [0.1, 0.15) is 37.8 Å². The summed E-state index contributed by atoms with van der Waals surface area (Å²) < 4.78 is 0. The van der Waals surface area contributed by atoms with Gasteiger partial charge in [-0.1, -0.05) is 43.7 Å². The summed E-state index contributed by atoms with van der Waals surface area (Å²) in [6.07, 6.45) is 4.11. The molecular formula is C15H24N2. The number of likely N-dealkylation sites (tertiary alicyclic amines) is 1. The molecule has 1 aliphatic rings. The van der Waals surface area contributed by atoms with Crippen LogP contribution in [0.4, 0.5) is 0 Å². The van der Waals surface area contributed by atoms with Crippen molar-refractivity contribution in [3.05, 3.63) is 35.9 Å². The van der Waals surface area contributed by atoms with Gasteiger partial charge in [0.15, 0.2) is 0 Å². The van der Waals surface area contributed by atoms with E-state index in [0.717, 1.165) is 6.54 Å². The lowest BCUT2D eigenvalue weighted by molar-refractivity contribution is 0.189. The van der Waals surface area contributed by atoms with Gasteiger partial charge in [-0.15, -0.1) is 0 Å². The molecule has 2 rings (SSSR count). The average Bonchev–Trinajstić information content (AvgIpc) is 2.40. The Morgan fingerprint density at radius 2 is 1.76 bits per heavy atom. The molecule has 0 spiro atoms. The molecule has 1 aromatic carbocycles. The fourth-order valence-corrected chi connectivity index (χ4v) is 2.67. The highest BCUT2D eigenvalue weighted by atomic mass is 15.1. The number of rotatable bonds is 4. The number of piperidine rings is 1. The summed E-state index contributed by atoms with van der Waals surface area (Å²) in [4.78, 5) is 2.57.